The normalized spacial score (nSPS) is 11.6. The van der Waals surface area contributed by atoms with E-state index in [0.29, 0.717) is 25.2 Å². The number of carbonyl (C=O) groups is 1. The molecule has 0 atom stereocenters. The summed E-state index contributed by atoms with van der Waals surface area (Å²) in [7, 11) is -0.869. The fourth-order valence-corrected chi connectivity index (χ4v) is 2.48. The Balaban J connectivity index is 3.17. The molecule has 0 aromatic heterocycles. The number of carboxylic acids is 1. The molecule has 1 aromatic carbocycles. The molecule has 0 saturated carbocycles. The van der Waals surface area contributed by atoms with E-state index in [1.165, 1.54) is 26.2 Å². The van der Waals surface area contributed by atoms with E-state index in [2.05, 4.69) is 5.32 Å². The maximum absolute atomic E-state index is 12.0. The summed E-state index contributed by atoms with van der Waals surface area (Å²) in [6, 6.07) is 3.99. The first-order valence-electron chi connectivity index (χ1n) is 6.04. The fraction of sp³-hybridized carbons (Fsp3) is 0.417. The number of hydrogen-bond donors (Lipinski definition) is 3. The fourth-order valence-electron chi connectivity index (χ4n) is 1.55. The molecule has 8 heteroatoms. The van der Waals surface area contributed by atoms with Gasteiger partial charge in [-0.2, -0.15) is 0 Å². The summed E-state index contributed by atoms with van der Waals surface area (Å²) in [4.78, 5) is 11.2. The summed E-state index contributed by atoms with van der Waals surface area (Å²) in [5.41, 5.74) is 5.66. The predicted octanol–water partition coefficient (Wildman–Crippen LogP) is 0.396. The average molecular weight is 301 g/mol. The lowest BCUT2D eigenvalue weighted by molar-refractivity contribution is 0.0697. The molecule has 1 rings (SSSR count). The molecular weight excluding hydrogens is 282 g/mol. The maximum Gasteiger partial charge on any atom is 0.337 e. The van der Waals surface area contributed by atoms with Crippen LogP contribution in [0.5, 0.6) is 0 Å². The van der Waals surface area contributed by atoms with Gasteiger partial charge in [-0.25, -0.2) is 17.5 Å². The lowest BCUT2D eigenvalue weighted by Gasteiger charge is -2.14. The van der Waals surface area contributed by atoms with Gasteiger partial charge in [0.05, 0.1) is 10.5 Å². The lowest BCUT2D eigenvalue weighted by Crippen LogP contribution is -2.22. The van der Waals surface area contributed by atoms with Crippen LogP contribution in [0.2, 0.25) is 0 Å². The number of carboxylic acid groups (broad SMARTS) is 1. The third kappa shape index (κ3) is 3.69. The third-order valence-electron chi connectivity index (χ3n) is 2.70. The van der Waals surface area contributed by atoms with Crippen LogP contribution < -0.4 is 11.1 Å². The molecular formula is C12H19N3O4S. The Morgan fingerprint density at radius 3 is 2.55 bits per heavy atom. The van der Waals surface area contributed by atoms with E-state index in [4.69, 9.17) is 5.73 Å². The highest BCUT2D eigenvalue weighted by molar-refractivity contribution is 7.89. The minimum absolute atomic E-state index is 0.0516. The van der Waals surface area contributed by atoms with Gasteiger partial charge in [-0.15, -0.1) is 0 Å². The molecule has 20 heavy (non-hydrogen) atoms. The van der Waals surface area contributed by atoms with Crippen LogP contribution in [0.25, 0.3) is 0 Å². The first-order chi connectivity index (χ1) is 9.30. The van der Waals surface area contributed by atoms with E-state index in [1.54, 1.807) is 0 Å². The van der Waals surface area contributed by atoms with Crippen molar-refractivity contribution in [1.82, 2.24) is 4.31 Å². The quantitative estimate of drug-likeness (QED) is 0.628. The topological polar surface area (TPSA) is 113 Å². The Morgan fingerprint density at radius 1 is 1.40 bits per heavy atom. The van der Waals surface area contributed by atoms with Gasteiger partial charge in [0.1, 0.15) is 0 Å². The molecule has 0 aliphatic carbocycles. The number of anilines is 1. The molecule has 0 radical (unpaired) electrons. The zero-order chi connectivity index (χ0) is 15.3. The SMILES string of the molecule is CN(C)S(=O)(=O)c1ccc(NCCCN)c(C(=O)O)c1. The Hall–Kier alpha value is -1.64. The highest BCUT2D eigenvalue weighted by Gasteiger charge is 2.20. The van der Waals surface area contributed by atoms with E-state index in [0.717, 1.165) is 10.4 Å². The first kappa shape index (κ1) is 16.4. The second-order valence-corrected chi connectivity index (χ2v) is 6.52. The van der Waals surface area contributed by atoms with Crippen molar-refractivity contribution in [3.05, 3.63) is 23.8 Å². The zero-order valence-electron chi connectivity index (χ0n) is 11.5. The number of nitrogens with two attached hydrogens (primary N) is 1. The molecule has 0 spiro atoms. The van der Waals surface area contributed by atoms with Crippen molar-refractivity contribution in [3.63, 3.8) is 0 Å². The summed E-state index contributed by atoms with van der Waals surface area (Å²) in [6.45, 7) is 1.01. The standard InChI is InChI=1S/C12H19N3O4S/c1-15(2)20(18,19)9-4-5-11(14-7-3-6-13)10(8-9)12(16)17/h4-5,8,14H,3,6-7,13H2,1-2H3,(H,16,17). The van der Waals surface area contributed by atoms with Crippen LogP contribution >= 0.6 is 0 Å². The second kappa shape index (κ2) is 6.69. The van der Waals surface area contributed by atoms with Gasteiger partial charge in [0.15, 0.2) is 0 Å². The number of aromatic carboxylic acids is 1. The molecule has 0 fully saturated rings. The van der Waals surface area contributed by atoms with Crippen molar-refractivity contribution < 1.29 is 18.3 Å². The van der Waals surface area contributed by atoms with Gasteiger partial charge in [-0.05, 0) is 31.2 Å². The smallest absolute Gasteiger partial charge is 0.337 e. The van der Waals surface area contributed by atoms with Crippen LogP contribution in [-0.2, 0) is 10.0 Å². The van der Waals surface area contributed by atoms with Crippen molar-refractivity contribution in [1.29, 1.82) is 0 Å². The molecule has 0 saturated heterocycles. The molecule has 0 heterocycles. The second-order valence-electron chi connectivity index (χ2n) is 4.37. The summed E-state index contributed by atoms with van der Waals surface area (Å²) >= 11 is 0. The largest absolute Gasteiger partial charge is 0.478 e. The van der Waals surface area contributed by atoms with Gasteiger partial charge < -0.3 is 16.2 Å². The van der Waals surface area contributed by atoms with Crippen LogP contribution in [0.3, 0.4) is 0 Å². The Morgan fingerprint density at radius 2 is 2.05 bits per heavy atom. The Kier molecular flexibility index (Phi) is 5.49. The number of rotatable bonds is 7. The van der Waals surface area contributed by atoms with Gasteiger partial charge in [-0.1, -0.05) is 0 Å². The highest BCUT2D eigenvalue weighted by Crippen LogP contribution is 2.22. The summed E-state index contributed by atoms with van der Waals surface area (Å²) in [5.74, 6) is -1.18. The lowest BCUT2D eigenvalue weighted by atomic mass is 10.2. The average Bonchev–Trinajstić information content (AvgIpc) is 2.38. The summed E-state index contributed by atoms with van der Waals surface area (Å²) in [6.07, 6.45) is 0.691. The molecule has 7 nitrogen and oxygen atoms in total. The van der Waals surface area contributed by atoms with E-state index in [-0.39, 0.29) is 10.5 Å². The minimum Gasteiger partial charge on any atom is -0.478 e. The van der Waals surface area contributed by atoms with Crippen molar-refractivity contribution in [2.75, 3.05) is 32.5 Å². The molecule has 0 unspecified atom stereocenters. The van der Waals surface area contributed by atoms with E-state index in [1.807, 2.05) is 0 Å². The molecule has 112 valence electrons. The van der Waals surface area contributed by atoms with Gasteiger partial charge in [0.25, 0.3) is 0 Å². The van der Waals surface area contributed by atoms with Gasteiger partial charge in [0, 0.05) is 26.3 Å². The number of hydrogen-bond acceptors (Lipinski definition) is 5. The number of nitrogens with one attached hydrogen (secondary N) is 1. The Bertz CT molecular complexity index is 584. The Labute approximate surface area is 118 Å². The predicted molar refractivity (Wildman–Crippen MR) is 76.4 cm³/mol. The molecule has 0 bridgehead atoms. The van der Waals surface area contributed by atoms with E-state index >= 15 is 0 Å². The van der Waals surface area contributed by atoms with Gasteiger partial charge in [-0.3, -0.25) is 0 Å². The molecule has 0 aliphatic rings. The van der Waals surface area contributed by atoms with Crippen molar-refractivity contribution in [2.45, 2.75) is 11.3 Å². The third-order valence-corrected chi connectivity index (χ3v) is 4.51. The van der Waals surface area contributed by atoms with Crippen LogP contribution in [0.15, 0.2) is 23.1 Å². The van der Waals surface area contributed by atoms with Gasteiger partial charge >= 0.3 is 5.97 Å². The monoisotopic (exact) mass is 301 g/mol. The van der Waals surface area contributed by atoms with E-state index < -0.39 is 16.0 Å². The van der Waals surface area contributed by atoms with Crippen molar-refractivity contribution in [2.24, 2.45) is 5.73 Å². The number of benzene rings is 1. The van der Waals surface area contributed by atoms with Crippen LogP contribution in [0.4, 0.5) is 5.69 Å². The van der Waals surface area contributed by atoms with Crippen LogP contribution in [0, 0.1) is 0 Å². The van der Waals surface area contributed by atoms with E-state index in [9.17, 15) is 18.3 Å². The number of sulfonamides is 1. The van der Waals surface area contributed by atoms with Crippen molar-refractivity contribution >= 4 is 21.7 Å². The molecule has 4 N–H and O–H groups in total. The first-order valence-corrected chi connectivity index (χ1v) is 7.48. The number of nitrogens with zero attached hydrogens (tertiary/aromatic N) is 1. The summed E-state index contributed by atoms with van der Waals surface area (Å²) < 4.78 is 25.0. The molecule has 1 aromatic rings. The zero-order valence-corrected chi connectivity index (χ0v) is 12.3. The molecule has 0 aliphatic heterocycles. The molecule has 0 amide bonds. The van der Waals surface area contributed by atoms with Gasteiger partial charge in [0.2, 0.25) is 10.0 Å². The summed E-state index contributed by atoms with van der Waals surface area (Å²) in [5, 5.41) is 12.1. The van der Waals surface area contributed by atoms with Crippen molar-refractivity contribution in [3.8, 4) is 0 Å². The minimum atomic E-state index is -3.65. The van der Waals surface area contributed by atoms with Crippen LogP contribution in [0.1, 0.15) is 16.8 Å². The maximum atomic E-state index is 12.0. The van der Waals surface area contributed by atoms with Crippen LogP contribution in [-0.4, -0.2) is 51.0 Å². The highest BCUT2D eigenvalue weighted by atomic mass is 32.2.